The summed E-state index contributed by atoms with van der Waals surface area (Å²) in [4.78, 5) is 24.5. The van der Waals surface area contributed by atoms with Crippen molar-refractivity contribution in [2.24, 2.45) is 0 Å². The van der Waals surface area contributed by atoms with E-state index < -0.39 is 6.10 Å². The van der Waals surface area contributed by atoms with E-state index in [1.807, 2.05) is 0 Å². The summed E-state index contributed by atoms with van der Waals surface area (Å²) in [5.41, 5.74) is 0. The summed E-state index contributed by atoms with van der Waals surface area (Å²) < 4.78 is 10.7. The van der Waals surface area contributed by atoms with Gasteiger partial charge in [0.05, 0.1) is 6.61 Å². The first-order valence-electron chi connectivity index (χ1n) is 29.6. The maximum absolute atomic E-state index is 12.3. The Kier molecular flexibility index (Phi) is 55.3. The minimum atomic E-state index is -0.763. The Balaban J connectivity index is 3.34. The Morgan fingerprint density at radius 2 is 0.484 bits per heavy atom. The molecule has 5 heteroatoms. The SMILES string of the molecule is CCCCCCCCCCCCCCCCCCCCCCCCCCCCCCCCCCCCCC(=O)OC(CO)COC(=O)CCCCCCCCCCCCCCCCC. The minimum absolute atomic E-state index is 0.0560. The first kappa shape index (κ1) is 62.9. The lowest BCUT2D eigenvalue weighted by atomic mass is 10.0. The molecule has 0 bridgehead atoms. The van der Waals surface area contributed by atoms with Crippen LogP contribution in [0.15, 0.2) is 0 Å². The highest BCUT2D eigenvalue weighted by molar-refractivity contribution is 5.70. The van der Waals surface area contributed by atoms with Gasteiger partial charge in [-0.1, -0.05) is 322 Å². The lowest BCUT2D eigenvalue weighted by Crippen LogP contribution is -2.28. The molecule has 0 aromatic carbocycles. The topological polar surface area (TPSA) is 72.8 Å². The highest BCUT2D eigenvalue weighted by Gasteiger charge is 2.16. The fourth-order valence-electron chi connectivity index (χ4n) is 9.44. The van der Waals surface area contributed by atoms with Crippen LogP contribution in [0.1, 0.15) is 348 Å². The van der Waals surface area contributed by atoms with Crippen LogP contribution in [0.2, 0.25) is 0 Å². The summed E-state index contributed by atoms with van der Waals surface area (Å²) in [6, 6.07) is 0. The summed E-state index contributed by atoms with van der Waals surface area (Å²) >= 11 is 0. The van der Waals surface area contributed by atoms with E-state index in [2.05, 4.69) is 13.8 Å². The molecule has 0 aliphatic heterocycles. The molecule has 0 aromatic rings. The average Bonchev–Trinajstić information content (AvgIpc) is 3.30. The monoisotopic (exact) mass is 905 g/mol. The summed E-state index contributed by atoms with van der Waals surface area (Å²) in [7, 11) is 0. The molecule has 1 N–H and O–H groups in total. The summed E-state index contributed by atoms with van der Waals surface area (Å²) in [6.07, 6.45) is 68.2. The molecule has 0 fully saturated rings. The number of hydrogen-bond acceptors (Lipinski definition) is 5. The summed E-state index contributed by atoms with van der Waals surface area (Å²) in [5.74, 6) is -0.565. The van der Waals surface area contributed by atoms with Crippen molar-refractivity contribution >= 4 is 11.9 Å². The fraction of sp³-hybridized carbons (Fsp3) is 0.966. The molecular formula is C59H116O5. The van der Waals surface area contributed by atoms with Gasteiger partial charge in [0.15, 0.2) is 6.10 Å². The van der Waals surface area contributed by atoms with Crippen molar-refractivity contribution in [1.29, 1.82) is 0 Å². The molecule has 0 aliphatic carbocycles. The van der Waals surface area contributed by atoms with Crippen molar-refractivity contribution in [3.05, 3.63) is 0 Å². The third-order valence-electron chi connectivity index (χ3n) is 13.9. The second-order valence-corrected chi connectivity index (χ2v) is 20.4. The minimum Gasteiger partial charge on any atom is -0.462 e. The van der Waals surface area contributed by atoms with Gasteiger partial charge in [0, 0.05) is 12.8 Å². The number of esters is 2. The summed E-state index contributed by atoms with van der Waals surface area (Å²) in [6.45, 7) is 4.20. The fourth-order valence-corrected chi connectivity index (χ4v) is 9.44. The van der Waals surface area contributed by atoms with Crippen LogP contribution in [-0.4, -0.2) is 36.4 Å². The van der Waals surface area contributed by atoms with Crippen molar-refractivity contribution in [2.75, 3.05) is 13.2 Å². The van der Waals surface area contributed by atoms with Crippen molar-refractivity contribution in [1.82, 2.24) is 0 Å². The third kappa shape index (κ3) is 53.5. The molecule has 0 spiro atoms. The number of ether oxygens (including phenoxy) is 2. The number of aliphatic hydroxyl groups excluding tert-OH is 1. The predicted octanol–water partition coefficient (Wildman–Crippen LogP) is 19.8. The van der Waals surface area contributed by atoms with E-state index in [4.69, 9.17) is 9.47 Å². The van der Waals surface area contributed by atoms with Gasteiger partial charge in [-0.3, -0.25) is 9.59 Å². The van der Waals surface area contributed by atoms with Crippen molar-refractivity contribution < 1.29 is 24.2 Å². The lowest BCUT2D eigenvalue weighted by molar-refractivity contribution is -0.161. The third-order valence-corrected chi connectivity index (χ3v) is 13.9. The lowest BCUT2D eigenvalue weighted by Gasteiger charge is -2.15. The molecule has 0 saturated carbocycles. The second-order valence-electron chi connectivity index (χ2n) is 20.4. The molecule has 64 heavy (non-hydrogen) atoms. The number of unbranched alkanes of at least 4 members (excludes halogenated alkanes) is 48. The van der Waals surface area contributed by atoms with Crippen LogP contribution in [0.4, 0.5) is 0 Å². The zero-order valence-corrected chi connectivity index (χ0v) is 43.8. The van der Waals surface area contributed by atoms with E-state index in [1.54, 1.807) is 0 Å². The Morgan fingerprint density at radius 3 is 0.688 bits per heavy atom. The largest absolute Gasteiger partial charge is 0.462 e. The van der Waals surface area contributed by atoms with Gasteiger partial charge < -0.3 is 14.6 Å². The van der Waals surface area contributed by atoms with Crippen molar-refractivity contribution in [2.45, 2.75) is 354 Å². The number of hydrogen-bond donors (Lipinski definition) is 1. The quantitative estimate of drug-likeness (QED) is 0.0486. The molecule has 382 valence electrons. The zero-order chi connectivity index (χ0) is 46.3. The maximum atomic E-state index is 12.3. The molecule has 0 rings (SSSR count). The number of aliphatic hydroxyl groups is 1. The van der Waals surface area contributed by atoms with E-state index in [-0.39, 0.29) is 25.2 Å². The first-order valence-corrected chi connectivity index (χ1v) is 29.6. The van der Waals surface area contributed by atoms with Crippen LogP contribution < -0.4 is 0 Å². The van der Waals surface area contributed by atoms with Gasteiger partial charge in [-0.25, -0.2) is 0 Å². The highest BCUT2D eigenvalue weighted by atomic mass is 16.6. The molecular weight excluding hydrogens is 789 g/mol. The first-order chi connectivity index (χ1) is 31.6. The van der Waals surface area contributed by atoms with Gasteiger partial charge in [-0.2, -0.15) is 0 Å². The number of carbonyl (C=O) groups excluding carboxylic acids is 2. The van der Waals surface area contributed by atoms with Crippen LogP contribution in [0.5, 0.6) is 0 Å². The number of carbonyl (C=O) groups is 2. The molecule has 0 saturated heterocycles. The normalized spacial score (nSPS) is 12.0. The number of rotatable bonds is 56. The molecule has 0 amide bonds. The molecule has 5 nitrogen and oxygen atoms in total. The standard InChI is InChI=1S/C59H116O5/c1-3-5-7-9-11-13-15-17-19-20-21-22-23-24-25-26-27-28-29-30-31-32-33-34-35-36-37-38-40-42-44-46-48-50-52-54-59(62)64-57(55-60)56-63-58(61)53-51-49-47-45-43-41-39-18-16-14-12-10-8-6-4-2/h57,60H,3-56H2,1-2H3. The van der Waals surface area contributed by atoms with E-state index in [1.165, 1.54) is 289 Å². The average molecular weight is 906 g/mol. The van der Waals surface area contributed by atoms with Gasteiger partial charge in [0.2, 0.25) is 0 Å². The highest BCUT2D eigenvalue weighted by Crippen LogP contribution is 2.19. The van der Waals surface area contributed by atoms with Crippen LogP contribution in [-0.2, 0) is 19.1 Å². The smallest absolute Gasteiger partial charge is 0.306 e. The van der Waals surface area contributed by atoms with Crippen molar-refractivity contribution in [3.8, 4) is 0 Å². The van der Waals surface area contributed by atoms with Gasteiger partial charge >= 0.3 is 11.9 Å². The van der Waals surface area contributed by atoms with Crippen LogP contribution in [0.3, 0.4) is 0 Å². The molecule has 1 unspecified atom stereocenters. The van der Waals surface area contributed by atoms with Crippen LogP contribution >= 0.6 is 0 Å². The van der Waals surface area contributed by atoms with Gasteiger partial charge in [0.1, 0.15) is 6.61 Å². The van der Waals surface area contributed by atoms with E-state index in [0.29, 0.717) is 12.8 Å². The Hall–Kier alpha value is -1.10. The van der Waals surface area contributed by atoms with Crippen LogP contribution in [0, 0.1) is 0 Å². The molecule has 1 atom stereocenters. The van der Waals surface area contributed by atoms with E-state index in [9.17, 15) is 14.7 Å². The zero-order valence-electron chi connectivity index (χ0n) is 43.8. The second kappa shape index (κ2) is 56.2. The van der Waals surface area contributed by atoms with E-state index >= 15 is 0 Å². The van der Waals surface area contributed by atoms with Gasteiger partial charge in [-0.05, 0) is 12.8 Å². The predicted molar refractivity (Wildman–Crippen MR) is 279 cm³/mol. The molecule has 0 heterocycles. The van der Waals surface area contributed by atoms with E-state index in [0.717, 1.165) is 32.1 Å². The Labute approximate surface area is 401 Å². The molecule has 0 aromatic heterocycles. The van der Waals surface area contributed by atoms with Crippen LogP contribution in [0.25, 0.3) is 0 Å². The van der Waals surface area contributed by atoms with Crippen molar-refractivity contribution in [3.63, 3.8) is 0 Å². The molecule has 0 radical (unpaired) electrons. The maximum Gasteiger partial charge on any atom is 0.306 e. The van der Waals surface area contributed by atoms with Gasteiger partial charge in [-0.15, -0.1) is 0 Å². The summed E-state index contributed by atoms with van der Waals surface area (Å²) in [5, 5.41) is 9.63. The Morgan fingerprint density at radius 1 is 0.297 bits per heavy atom. The Bertz CT molecular complexity index is 891. The van der Waals surface area contributed by atoms with Gasteiger partial charge in [0.25, 0.3) is 0 Å². The molecule has 0 aliphatic rings.